The average Bonchev–Trinajstić information content (AvgIpc) is 2.50. The molecule has 1 heterocycles. The van der Waals surface area contributed by atoms with Crippen molar-refractivity contribution >= 4 is 26.8 Å². The van der Waals surface area contributed by atoms with Gasteiger partial charge in [0, 0.05) is 21.6 Å². The van der Waals surface area contributed by atoms with Gasteiger partial charge in [0.1, 0.15) is 6.10 Å². The quantitative estimate of drug-likeness (QED) is 0.733. The van der Waals surface area contributed by atoms with E-state index in [1.54, 1.807) is 6.20 Å². The van der Waals surface area contributed by atoms with Crippen molar-refractivity contribution in [1.29, 1.82) is 0 Å². The first-order chi connectivity index (χ1) is 10.1. The minimum atomic E-state index is -0.671. The van der Waals surface area contributed by atoms with Crippen LogP contribution in [0.2, 0.25) is 0 Å². The van der Waals surface area contributed by atoms with Crippen molar-refractivity contribution in [3.05, 3.63) is 75.4 Å². The Morgan fingerprint density at radius 2 is 1.81 bits per heavy atom. The highest BCUT2D eigenvalue weighted by atomic mass is 79.9. The maximum Gasteiger partial charge on any atom is 0.106 e. The Balaban J connectivity index is 2.21. The third kappa shape index (κ3) is 2.47. The number of halogens is 1. The van der Waals surface area contributed by atoms with Crippen molar-refractivity contribution in [2.45, 2.75) is 20.0 Å². The molecule has 0 saturated heterocycles. The zero-order chi connectivity index (χ0) is 15.0. The number of aliphatic hydroxyl groups excluding tert-OH is 1. The number of aromatic nitrogens is 1. The van der Waals surface area contributed by atoms with E-state index in [4.69, 9.17) is 0 Å². The summed E-state index contributed by atoms with van der Waals surface area (Å²) >= 11 is 3.54. The lowest BCUT2D eigenvalue weighted by Gasteiger charge is -2.17. The third-order valence-electron chi connectivity index (χ3n) is 3.98. The SMILES string of the molecule is Cc1cccc(C(O)c2ccc(Br)c3cccnc23)c1C. The first-order valence-electron chi connectivity index (χ1n) is 6.87. The zero-order valence-electron chi connectivity index (χ0n) is 12.0. The fourth-order valence-corrected chi connectivity index (χ4v) is 3.07. The molecule has 1 atom stereocenters. The molecule has 0 aliphatic carbocycles. The number of rotatable bonds is 2. The highest BCUT2D eigenvalue weighted by Gasteiger charge is 2.17. The molecule has 3 aromatic rings. The van der Waals surface area contributed by atoms with Crippen molar-refractivity contribution in [2.75, 3.05) is 0 Å². The lowest BCUT2D eigenvalue weighted by molar-refractivity contribution is 0.221. The van der Waals surface area contributed by atoms with Crippen LogP contribution in [0.1, 0.15) is 28.4 Å². The topological polar surface area (TPSA) is 33.1 Å². The van der Waals surface area contributed by atoms with Gasteiger partial charge in [-0.25, -0.2) is 0 Å². The van der Waals surface area contributed by atoms with Crippen LogP contribution in [-0.2, 0) is 0 Å². The molecule has 2 aromatic carbocycles. The highest BCUT2D eigenvalue weighted by molar-refractivity contribution is 9.10. The predicted molar refractivity (Wildman–Crippen MR) is 89.4 cm³/mol. The van der Waals surface area contributed by atoms with Crippen LogP contribution >= 0.6 is 15.9 Å². The Hall–Kier alpha value is -1.71. The van der Waals surface area contributed by atoms with Crippen LogP contribution in [0.4, 0.5) is 0 Å². The number of aliphatic hydroxyl groups is 1. The molecule has 0 spiro atoms. The average molecular weight is 342 g/mol. The van der Waals surface area contributed by atoms with E-state index in [9.17, 15) is 5.11 Å². The van der Waals surface area contributed by atoms with Gasteiger partial charge >= 0.3 is 0 Å². The summed E-state index contributed by atoms with van der Waals surface area (Å²) in [4.78, 5) is 4.45. The second-order valence-corrected chi connectivity index (χ2v) is 6.08. The minimum Gasteiger partial charge on any atom is -0.384 e. The fraction of sp³-hybridized carbons (Fsp3) is 0.167. The monoisotopic (exact) mass is 341 g/mol. The molecular formula is C18H16BrNO. The molecular weight excluding hydrogens is 326 g/mol. The van der Waals surface area contributed by atoms with Gasteiger partial charge in [-0.05, 0) is 42.7 Å². The van der Waals surface area contributed by atoms with Crippen LogP contribution in [-0.4, -0.2) is 10.1 Å². The normalized spacial score (nSPS) is 12.6. The smallest absolute Gasteiger partial charge is 0.106 e. The summed E-state index contributed by atoms with van der Waals surface area (Å²) in [6, 6.07) is 13.8. The Labute approximate surface area is 132 Å². The predicted octanol–water partition coefficient (Wildman–Crippen LogP) is 4.70. The maximum atomic E-state index is 10.8. The molecule has 1 N–H and O–H groups in total. The van der Waals surface area contributed by atoms with Crippen LogP contribution in [0.5, 0.6) is 0 Å². The van der Waals surface area contributed by atoms with Gasteiger partial charge in [0.25, 0.3) is 0 Å². The van der Waals surface area contributed by atoms with Crippen molar-refractivity contribution in [1.82, 2.24) is 4.98 Å². The molecule has 3 rings (SSSR count). The largest absolute Gasteiger partial charge is 0.384 e. The molecule has 106 valence electrons. The molecule has 0 aliphatic rings. The number of fused-ring (bicyclic) bond motifs is 1. The molecule has 0 aliphatic heterocycles. The van der Waals surface area contributed by atoms with Gasteiger partial charge in [0.05, 0.1) is 5.52 Å². The van der Waals surface area contributed by atoms with Gasteiger partial charge in [-0.2, -0.15) is 0 Å². The Morgan fingerprint density at radius 3 is 2.62 bits per heavy atom. The number of hydrogen-bond donors (Lipinski definition) is 1. The molecule has 1 aromatic heterocycles. The molecule has 21 heavy (non-hydrogen) atoms. The van der Waals surface area contributed by atoms with Gasteiger partial charge in [0.2, 0.25) is 0 Å². The second kappa shape index (κ2) is 5.58. The summed E-state index contributed by atoms with van der Waals surface area (Å²) in [5.74, 6) is 0. The van der Waals surface area contributed by atoms with Gasteiger partial charge in [-0.1, -0.05) is 46.3 Å². The van der Waals surface area contributed by atoms with Crippen LogP contribution in [0.3, 0.4) is 0 Å². The van der Waals surface area contributed by atoms with Crippen molar-refractivity contribution < 1.29 is 5.11 Å². The molecule has 2 nitrogen and oxygen atoms in total. The standard InChI is InChI=1S/C18H16BrNO/c1-11-5-3-6-13(12(11)2)18(21)15-8-9-16(19)14-7-4-10-20-17(14)15/h3-10,18,21H,1-2H3. The number of aryl methyl sites for hydroxylation is 1. The summed E-state index contributed by atoms with van der Waals surface area (Å²) < 4.78 is 0.988. The molecule has 3 heteroatoms. The van der Waals surface area contributed by atoms with Crippen LogP contribution < -0.4 is 0 Å². The number of nitrogens with zero attached hydrogens (tertiary/aromatic N) is 1. The fourth-order valence-electron chi connectivity index (χ4n) is 2.62. The molecule has 0 saturated carbocycles. The lowest BCUT2D eigenvalue weighted by atomic mass is 9.93. The maximum absolute atomic E-state index is 10.8. The van der Waals surface area contributed by atoms with E-state index in [1.165, 1.54) is 5.56 Å². The summed E-state index contributed by atoms with van der Waals surface area (Å²) in [6.07, 6.45) is 1.09. The molecule has 0 fully saturated rings. The van der Waals surface area contributed by atoms with Crippen molar-refractivity contribution in [3.63, 3.8) is 0 Å². The van der Waals surface area contributed by atoms with E-state index in [0.717, 1.165) is 32.1 Å². The number of benzene rings is 2. The molecule has 1 unspecified atom stereocenters. The Bertz CT molecular complexity index is 813. The Morgan fingerprint density at radius 1 is 1.00 bits per heavy atom. The number of pyridine rings is 1. The van der Waals surface area contributed by atoms with Crippen LogP contribution in [0.25, 0.3) is 10.9 Å². The third-order valence-corrected chi connectivity index (χ3v) is 4.67. The van der Waals surface area contributed by atoms with Crippen molar-refractivity contribution in [3.8, 4) is 0 Å². The lowest BCUT2D eigenvalue weighted by Crippen LogP contribution is -2.04. The summed E-state index contributed by atoms with van der Waals surface area (Å²) in [7, 11) is 0. The zero-order valence-corrected chi connectivity index (χ0v) is 13.6. The summed E-state index contributed by atoms with van der Waals surface area (Å²) in [5.41, 5.74) is 4.91. The van der Waals surface area contributed by atoms with E-state index in [0.29, 0.717) is 0 Å². The van der Waals surface area contributed by atoms with E-state index < -0.39 is 6.10 Å². The van der Waals surface area contributed by atoms with Crippen LogP contribution in [0, 0.1) is 13.8 Å². The van der Waals surface area contributed by atoms with Gasteiger partial charge in [0.15, 0.2) is 0 Å². The first-order valence-corrected chi connectivity index (χ1v) is 7.66. The van der Waals surface area contributed by atoms with E-state index in [1.807, 2.05) is 43.3 Å². The van der Waals surface area contributed by atoms with E-state index >= 15 is 0 Å². The first kappa shape index (κ1) is 14.2. The van der Waals surface area contributed by atoms with Gasteiger partial charge < -0.3 is 5.11 Å². The molecule has 0 amide bonds. The number of hydrogen-bond acceptors (Lipinski definition) is 2. The van der Waals surface area contributed by atoms with E-state index in [2.05, 4.69) is 33.9 Å². The highest BCUT2D eigenvalue weighted by Crippen LogP contribution is 2.33. The van der Waals surface area contributed by atoms with Gasteiger partial charge in [-0.3, -0.25) is 4.98 Å². The minimum absolute atomic E-state index is 0.671. The van der Waals surface area contributed by atoms with E-state index in [-0.39, 0.29) is 0 Å². The second-order valence-electron chi connectivity index (χ2n) is 5.23. The Kier molecular flexibility index (Phi) is 3.79. The molecule has 0 bridgehead atoms. The molecule has 0 radical (unpaired) electrons. The van der Waals surface area contributed by atoms with Gasteiger partial charge in [-0.15, -0.1) is 0 Å². The summed E-state index contributed by atoms with van der Waals surface area (Å²) in [6.45, 7) is 4.10. The van der Waals surface area contributed by atoms with Crippen molar-refractivity contribution in [2.24, 2.45) is 0 Å². The summed E-state index contributed by atoms with van der Waals surface area (Å²) in [5, 5.41) is 11.8. The van der Waals surface area contributed by atoms with Crippen LogP contribution in [0.15, 0.2) is 53.1 Å².